The highest BCUT2D eigenvalue weighted by atomic mass is 16.1. The van der Waals surface area contributed by atoms with E-state index in [0.29, 0.717) is 22.5 Å². The van der Waals surface area contributed by atoms with Crippen LogP contribution < -0.4 is 5.32 Å². The molecule has 2 aliphatic rings. The van der Waals surface area contributed by atoms with Gasteiger partial charge in [0, 0.05) is 12.5 Å². The molecule has 1 aliphatic carbocycles. The average molecular weight is 359 g/mol. The van der Waals surface area contributed by atoms with Crippen LogP contribution in [0.15, 0.2) is 58.3 Å². The second kappa shape index (κ2) is 6.91. The van der Waals surface area contributed by atoms with E-state index in [1.54, 1.807) is 6.07 Å². The third-order valence-electron chi connectivity index (χ3n) is 5.02. The van der Waals surface area contributed by atoms with E-state index in [-0.39, 0.29) is 17.7 Å². The molecule has 5 nitrogen and oxygen atoms in total. The predicted octanol–water partition coefficient (Wildman–Crippen LogP) is 5.10. The first-order valence-electron chi connectivity index (χ1n) is 9.29. The highest BCUT2D eigenvalue weighted by Crippen LogP contribution is 2.48. The molecule has 0 spiro atoms. The summed E-state index contributed by atoms with van der Waals surface area (Å²) in [7, 11) is 0. The second-order valence-electron chi connectivity index (χ2n) is 6.96. The summed E-state index contributed by atoms with van der Waals surface area (Å²) in [6.07, 6.45) is 3.38. The molecule has 2 aromatic rings. The molecule has 1 atom stereocenters. The van der Waals surface area contributed by atoms with Crippen molar-refractivity contribution < 1.29 is 9.59 Å². The highest BCUT2D eigenvalue weighted by molar-refractivity contribution is 6.22. The fourth-order valence-electron chi connectivity index (χ4n) is 3.71. The van der Waals surface area contributed by atoms with Crippen LogP contribution in [0.25, 0.3) is 5.70 Å². The van der Waals surface area contributed by atoms with E-state index in [1.807, 2.05) is 24.3 Å². The number of nitrogens with zero attached hydrogens (tertiary/aromatic N) is 2. The number of rotatable bonds is 5. The van der Waals surface area contributed by atoms with Crippen LogP contribution in [0.1, 0.15) is 59.8 Å². The van der Waals surface area contributed by atoms with Gasteiger partial charge in [0.25, 0.3) is 0 Å². The number of Topliss-reactive ketones (excluding diaryl/α,β-unsaturated/α-hetero) is 1. The van der Waals surface area contributed by atoms with Crippen molar-refractivity contribution in [1.29, 1.82) is 0 Å². The largest absolute Gasteiger partial charge is 0.326 e. The summed E-state index contributed by atoms with van der Waals surface area (Å²) >= 11 is 0. The molecule has 136 valence electrons. The van der Waals surface area contributed by atoms with Crippen LogP contribution in [0.2, 0.25) is 0 Å². The van der Waals surface area contributed by atoms with Crippen LogP contribution in [-0.4, -0.2) is 11.7 Å². The minimum atomic E-state index is -0.379. The lowest BCUT2D eigenvalue weighted by Crippen LogP contribution is -2.10. The van der Waals surface area contributed by atoms with E-state index in [9.17, 15) is 9.59 Å². The van der Waals surface area contributed by atoms with E-state index in [4.69, 9.17) is 0 Å². The van der Waals surface area contributed by atoms with E-state index in [1.165, 1.54) is 12.5 Å². The molecule has 0 bridgehead atoms. The zero-order valence-corrected chi connectivity index (χ0v) is 15.5. The van der Waals surface area contributed by atoms with Crippen molar-refractivity contribution in [2.24, 2.45) is 10.2 Å². The monoisotopic (exact) mass is 359 g/mol. The normalized spacial score (nSPS) is 17.3. The van der Waals surface area contributed by atoms with Crippen LogP contribution in [-0.2, 0) is 11.2 Å². The minimum Gasteiger partial charge on any atom is -0.326 e. The summed E-state index contributed by atoms with van der Waals surface area (Å²) in [5.41, 5.74) is 5.30. The fraction of sp³-hybridized carbons (Fsp3) is 0.273. The SMILES string of the molecule is CCCCc1ccc(C2=C3C(=O)c4c(NC(C)=O)cccc4C3N=N2)cc1. The minimum absolute atomic E-state index is 0.102. The Labute approximate surface area is 158 Å². The Morgan fingerprint density at radius 1 is 1.15 bits per heavy atom. The van der Waals surface area contributed by atoms with Crippen LogP contribution in [0.4, 0.5) is 5.69 Å². The zero-order valence-electron chi connectivity index (χ0n) is 15.5. The van der Waals surface area contributed by atoms with Crippen LogP contribution in [0, 0.1) is 0 Å². The van der Waals surface area contributed by atoms with Gasteiger partial charge in [0.2, 0.25) is 5.91 Å². The van der Waals surface area contributed by atoms with Gasteiger partial charge in [-0.25, -0.2) is 0 Å². The van der Waals surface area contributed by atoms with E-state index >= 15 is 0 Å². The third-order valence-corrected chi connectivity index (χ3v) is 5.02. The number of aryl methyl sites for hydroxylation is 1. The molecular weight excluding hydrogens is 338 g/mol. The molecule has 4 rings (SSSR count). The fourth-order valence-corrected chi connectivity index (χ4v) is 3.71. The Balaban J connectivity index is 1.72. The highest BCUT2D eigenvalue weighted by Gasteiger charge is 2.42. The molecule has 1 unspecified atom stereocenters. The number of ketones is 1. The molecule has 1 amide bonds. The number of azo groups is 1. The summed E-state index contributed by atoms with van der Waals surface area (Å²) in [6.45, 7) is 3.61. The quantitative estimate of drug-likeness (QED) is 0.806. The smallest absolute Gasteiger partial charge is 0.221 e. The van der Waals surface area contributed by atoms with Gasteiger partial charge in [-0.15, -0.1) is 0 Å². The van der Waals surface area contributed by atoms with Gasteiger partial charge in [-0.1, -0.05) is 49.7 Å². The maximum Gasteiger partial charge on any atom is 0.221 e. The van der Waals surface area contributed by atoms with E-state index in [2.05, 4.69) is 34.6 Å². The molecule has 5 heteroatoms. The van der Waals surface area contributed by atoms with Gasteiger partial charge in [0.15, 0.2) is 5.78 Å². The first kappa shape index (κ1) is 17.3. The summed E-state index contributed by atoms with van der Waals surface area (Å²) in [6, 6.07) is 13.3. The number of anilines is 1. The number of hydrogen-bond donors (Lipinski definition) is 1. The first-order chi connectivity index (χ1) is 13.1. The molecule has 1 aliphatic heterocycles. The van der Waals surface area contributed by atoms with Gasteiger partial charge in [-0.3, -0.25) is 9.59 Å². The van der Waals surface area contributed by atoms with E-state index < -0.39 is 0 Å². The zero-order chi connectivity index (χ0) is 19.0. The van der Waals surface area contributed by atoms with Crippen molar-refractivity contribution in [2.75, 3.05) is 5.32 Å². The summed E-state index contributed by atoms with van der Waals surface area (Å²) in [4.78, 5) is 24.6. The van der Waals surface area contributed by atoms with Crippen molar-refractivity contribution in [3.8, 4) is 0 Å². The molecule has 2 aromatic carbocycles. The average Bonchev–Trinajstić information content (AvgIpc) is 3.21. The third kappa shape index (κ3) is 2.99. The van der Waals surface area contributed by atoms with Gasteiger partial charge in [0.1, 0.15) is 11.7 Å². The van der Waals surface area contributed by atoms with Crippen molar-refractivity contribution in [1.82, 2.24) is 0 Å². The molecule has 0 saturated carbocycles. The van der Waals surface area contributed by atoms with Crippen LogP contribution in [0.5, 0.6) is 0 Å². The molecule has 1 heterocycles. The van der Waals surface area contributed by atoms with E-state index in [0.717, 1.165) is 30.4 Å². The van der Waals surface area contributed by atoms with Gasteiger partial charge < -0.3 is 5.32 Å². The maximum absolute atomic E-state index is 13.1. The number of carbonyl (C=O) groups excluding carboxylic acids is 2. The maximum atomic E-state index is 13.1. The molecule has 0 fully saturated rings. The molecule has 1 N–H and O–H groups in total. The number of benzene rings is 2. The number of hydrogen-bond acceptors (Lipinski definition) is 4. The lowest BCUT2D eigenvalue weighted by molar-refractivity contribution is -0.114. The predicted molar refractivity (Wildman–Crippen MR) is 105 cm³/mol. The number of carbonyl (C=O) groups is 2. The number of amides is 1. The Morgan fingerprint density at radius 2 is 1.93 bits per heavy atom. The molecular formula is C22H21N3O2. The van der Waals surface area contributed by atoms with Gasteiger partial charge in [-0.2, -0.15) is 10.2 Å². The van der Waals surface area contributed by atoms with Gasteiger partial charge in [0.05, 0.1) is 16.8 Å². The lowest BCUT2D eigenvalue weighted by atomic mass is 10.00. The number of nitrogens with one attached hydrogen (secondary N) is 1. The van der Waals surface area contributed by atoms with Crippen molar-refractivity contribution in [3.05, 3.63) is 70.3 Å². The van der Waals surface area contributed by atoms with Gasteiger partial charge >= 0.3 is 0 Å². The Morgan fingerprint density at radius 3 is 2.63 bits per heavy atom. The summed E-state index contributed by atoms with van der Waals surface area (Å²) in [5, 5.41) is 11.4. The second-order valence-corrected chi connectivity index (χ2v) is 6.96. The van der Waals surface area contributed by atoms with Crippen molar-refractivity contribution in [2.45, 2.75) is 39.2 Å². The lowest BCUT2D eigenvalue weighted by Gasteiger charge is -2.08. The van der Waals surface area contributed by atoms with Crippen molar-refractivity contribution in [3.63, 3.8) is 0 Å². The Hall–Kier alpha value is -3.08. The standard InChI is InChI=1S/C22H21N3O2/c1-3-4-6-14-9-11-15(12-10-14)20-19-21(25-24-20)16-7-5-8-17(23-13(2)26)18(16)22(19)27/h5,7-12,21H,3-4,6H2,1-2H3,(H,23,26). The Kier molecular flexibility index (Phi) is 4.44. The number of unbranched alkanes of at least 4 members (excludes halogenated alkanes) is 1. The topological polar surface area (TPSA) is 70.9 Å². The Bertz CT molecular complexity index is 987. The molecule has 0 aromatic heterocycles. The van der Waals surface area contributed by atoms with Crippen LogP contribution in [0.3, 0.4) is 0 Å². The molecule has 0 saturated heterocycles. The van der Waals surface area contributed by atoms with Crippen molar-refractivity contribution >= 4 is 23.1 Å². The molecule has 0 radical (unpaired) electrons. The number of fused-ring (bicyclic) bond motifs is 3. The van der Waals surface area contributed by atoms with Gasteiger partial charge in [-0.05, 0) is 30.0 Å². The summed E-state index contributed by atoms with van der Waals surface area (Å²) < 4.78 is 0. The van der Waals surface area contributed by atoms with Crippen LogP contribution >= 0.6 is 0 Å². The summed E-state index contributed by atoms with van der Waals surface area (Å²) in [5.74, 6) is -0.304. The molecule has 27 heavy (non-hydrogen) atoms. The first-order valence-corrected chi connectivity index (χ1v) is 9.29.